The Morgan fingerprint density at radius 3 is 3.04 bits per heavy atom. The minimum absolute atomic E-state index is 0.0876. The first-order valence-electron chi connectivity index (χ1n) is 8.94. The van der Waals surface area contributed by atoms with Crippen LogP contribution >= 0.6 is 23.4 Å². The fourth-order valence-corrected chi connectivity index (χ4v) is 4.46. The molecule has 146 valence electrons. The molecule has 1 saturated heterocycles. The maximum atomic E-state index is 12.7. The van der Waals surface area contributed by atoms with Crippen LogP contribution in [0.4, 0.5) is 10.5 Å². The number of carbonyl (C=O) groups is 3. The number of amides is 3. The monoisotopic (exact) mass is 411 g/mol. The number of carbonyl (C=O) groups excluding carboxylic acids is 3. The van der Waals surface area contributed by atoms with Gasteiger partial charge in [-0.05, 0) is 38.0 Å². The number of likely N-dealkylation sites (tertiary alicyclic amines) is 1. The number of piperidine rings is 1. The summed E-state index contributed by atoms with van der Waals surface area (Å²) in [6, 6.07) is 5.19. The van der Waals surface area contributed by atoms with Gasteiger partial charge in [-0.3, -0.25) is 9.59 Å². The second kappa shape index (κ2) is 8.84. The molecule has 1 aromatic carbocycles. The van der Waals surface area contributed by atoms with Gasteiger partial charge in [0.2, 0.25) is 11.8 Å². The summed E-state index contributed by atoms with van der Waals surface area (Å²) in [6.45, 7) is 3.12. The number of ether oxygens (including phenoxy) is 1. The van der Waals surface area contributed by atoms with Crippen molar-refractivity contribution >= 4 is 47.0 Å². The summed E-state index contributed by atoms with van der Waals surface area (Å²) >= 11 is 7.33. The largest absolute Gasteiger partial charge is 0.450 e. The molecular formula is C18H22ClN3O4S. The van der Waals surface area contributed by atoms with Crippen molar-refractivity contribution in [2.45, 2.75) is 42.4 Å². The smallest absolute Gasteiger partial charge is 0.407 e. The molecule has 1 fully saturated rings. The highest BCUT2D eigenvalue weighted by molar-refractivity contribution is 8.01. The third-order valence-electron chi connectivity index (χ3n) is 4.49. The van der Waals surface area contributed by atoms with Crippen molar-refractivity contribution in [2.24, 2.45) is 0 Å². The number of anilines is 1. The molecule has 27 heavy (non-hydrogen) atoms. The molecule has 0 spiro atoms. The SMILES string of the molecule is CCOC(=O)NC1CCCN(C(=O)CC2Sc3ccc(Cl)cc3NC2=O)C1. The normalized spacial score (nSPS) is 21.9. The van der Waals surface area contributed by atoms with Crippen LogP contribution in [-0.2, 0) is 14.3 Å². The average molecular weight is 412 g/mol. The Bertz CT molecular complexity index is 745. The highest BCUT2D eigenvalue weighted by Gasteiger charge is 2.32. The number of rotatable bonds is 4. The van der Waals surface area contributed by atoms with Crippen LogP contribution in [0.1, 0.15) is 26.2 Å². The molecule has 0 aromatic heterocycles. The number of nitrogens with zero attached hydrogens (tertiary/aromatic N) is 1. The number of thioether (sulfide) groups is 1. The first-order valence-corrected chi connectivity index (χ1v) is 10.2. The van der Waals surface area contributed by atoms with Crippen LogP contribution in [0.5, 0.6) is 0 Å². The predicted molar refractivity (Wildman–Crippen MR) is 104 cm³/mol. The van der Waals surface area contributed by atoms with Crippen LogP contribution in [0.2, 0.25) is 5.02 Å². The van der Waals surface area contributed by atoms with Crippen molar-refractivity contribution < 1.29 is 19.1 Å². The van der Waals surface area contributed by atoms with Gasteiger partial charge in [0, 0.05) is 35.5 Å². The van der Waals surface area contributed by atoms with Gasteiger partial charge >= 0.3 is 6.09 Å². The van der Waals surface area contributed by atoms with Gasteiger partial charge in [0.1, 0.15) is 0 Å². The van der Waals surface area contributed by atoms with E-state index in [9.17, 15) is 14.4 Å². The van der Waals surface area contributed by atoms with Crippen molar-refractivity contribution in [3.05, 3.63) is 23.2 Å². The molecule has 0 saturated carbocycles. The van der Waals surface area contributed by atoms with Crippen molar-refractivity contribution in [2.75, 3.05) is 25.0 Å². The van der Waals surface area contributed by atoms with Crippen LogP contribution < -0.4 is 10.6 Å². The van der Waals surface area contributed by atoms with Gasteiger partial charge in [-0.2, -0.15) is 0 Å². The Morgan fingerprint density at radius 1 is 1.44 bits per heavy atom. The van der Waals surface area contributed by atoms with Crippen LogP contribution in [-0.4, -0.2) is 53.8 Å². The zero-order valence-corrected chi connectivity index (χ0v) is 16.6. The summed E-state index contributed by atoms with van der Waals surface area (Å²) in [4.78, 5) is 39.3. The summed E-state index contributed by atoms with van der Waals surface area (Å²) in [5.41, 5.74) is 0.679. The van der Waals surface area contributed by atoms with Gasteiger partial charge in [-0.1, -0.05) is 11.6 Å². The van der Waals surface area contributed by atoms with E-state index in [1.54, 1.807) is 24.0 Å². The summed E-state index contributed by atoms with van der Waals surface area (Å²) in [7, 11) is 0. The lowest BCUT2D eigenvalue weighted by atomic mass is 10.1. The van der Waals surface area contributed by atoms with E-state index in [2.05, 4.69) is 10.6 Å². The predicted octanol–water partition coefficient (Wildman–Crippen LogP) is 2.88. The number of alkyl carbamates (subject to hydrolysis) is 1. The zero-order chi connectivity index (χ0) is 19.4. The van der Waals surface area contributed by atoms with E-state index >= 15 is 0 Å². The van der Waals surface area contributed by atoms with E-state index in [1.165, 1.54) is 11.8 Å². The van der Waals surface area contributed by atoms with Crippen LogP contribution in [0.25, 0.3) is 0 Å². The Balaban J connectivity index is 1.57. The first kappa shape index (κ1) is 19.8. The Kier molecular flexibility index (Phi) is 6.49. The first-order chi connectivity index (χ1) is 13.0. The topological polar surface area (TPSA) is 87.7 Å². The van der Waals surface area contributed by atoms with Gasteiger partial charge in [0.05, 0.1) is 17.5 Å². The maximum Gasteiger partial charge on any atom is 0.407 e. The molecule has 2 atom stereocenters. The number of halogens is 1. The molecule has 3 amide bonds. The summed E-state index contributed by atoms with van der Waals surface area (Å²) < 4.78 is 4.90. The van der Waals surface area contributed by atoms with E-state index in [-0.39, 0.29) is 24.3 Å². The Morgan fingerprint density at radius 2 is 2.26 bits per heavy atom. The molecule has 3 rings (SSSR count). The van der Waals surface area contributed by atoms with Crippen LogP contribution in [0, 0.1) is 0 Å². The quantitative estimate of drug-likeness (QED) is 0.795. The van der Waals surface area contributed by atoms with Gasteiger partial charge in [-0.25, -0.2) is 4.79 Å². The third-order valence-corrected chi connectivity index (χ3v) is 6.00. The second-order valence-electron chi connectivity index (χ2n) is 6.48. The zero-order valence-electron chi connectivity index (χ0n) is 15.0. The molecule has 0 radical (unpaired) electrons. The second-order valence-corrected chi connectivity index (χ2v) is 8.17. The summed E-state index contributed by atoms with van der Waals surface area (Å²) in [5, 5.41) is 5.67. The molecule has 2 aliphatic heterocycles. The standard InChI is InChI=1S/C18H22ClN3O4S/c1-2-26-18(25)20-12-4-3-7-22(10-12)16(23)9-15-17(24)21-13-8-11(19)5-6-14(13)27-15/h5-6,8,12,15H,2-4,7,9-10H2,1H3,(H,20,25)(H,21,24). The van der Waals surface area contributed by atoms with E-state index < -0.39 is 11.3 Å². The minimum atomic E-state index is -0.482. The number of nitrogens with one attached hydrogen (secondary N) is 2. The molecular weight excluding hydrogens is 390 g/mol. The lowest BCUT2D eigenvalue weighted by molar-refractivity contribution is -0.133. The number of benzene rings is 1. The molecule has 9 heteroatoms. The average Bonchev–Trinajstić information content (AvgIpc) is 2.63. The number of hydrogen-bond donors (Lipinski definition) is 2. The third kappa shape index (κ3) is 5.07. The highest BCUT2D eigenvalue weighted by atomic mass is 35.5. The summed E-state index contributed by atoms with van der Waals surface area (Å²) in [6.07, 6.45) is 1.25. The Hall–Kier alpha value is -1.93. The fourth-order valence-electron chi connectivity index (χ4n) is 3.21. The minimum Gasteiger partial charge on any atom is -0.450 e. The van der Waals surface area contributed by atoms with Gasteiger partial charge in [-0.15, -0.1) is 11.8 Å². The van der Waals surface area contributed by atoms with Gasteiger partial charge in [0.25, 0.3) is 0 Å². The van der Waals surface area contributed by atoms with Crippen molar-refractivity contribution in [1.29, 1.82) is 0 Å². The maximum absolute atomic E-state index is 12.7. The molecule has 0 bridgehead atoms. The van der Waals surface area contributed by atoms with Gasteiger partial charge in [0.15, 0.2) is 0 Å². The molecule has 2 unspecified atom stereocenters. The van der Waals surface area contributed by atoms with Crippen molar-refractivity contribution in [3.63, 3.8) is 0 Å². The fraction of sp³-hybridized carbons (Fsp3) is 0.500. The van der Waals surface area contributed by atoms with E-state index in [1.807, 2.05) is 6.07 Å². The number of hydrogen-bond acceptors (Lipinski definition) is 5. The van der Waals surface area contributed by atoms with E-state index in [0.717, 1.165) is 17.7 Å². The Labute approximate surface area is 167 Å². The molecule has 2 N–H and O–H groups in total. The number of fused-ring (bicyclic) bond motifs is 1. The van der Waals surface area contributed by atoms with Crippen LogP contribution in [0.15, 0.2) is 23.1 Å². The summed E-state index contributed by atoms with van der Waals surface area (Å²) in [5.74, 6) is -0.281. The van der Waals surface area contributed by atoms with Gasteiger partial charge < -0.3 is 20.3 Å². The lowest BCUT2D eigenvalue weighted by Gasteiger charge is -2.34. The van der Waals surface area contributed by atoms with E-state index in [4.69, 9.17) is 16.3 Å². The van der Waals surface area contributed by atoms with Crippen molar-refractivity contribution in [3.8, 4) is 0 Å². The van der Waals surface area contributed by atoms with Crippen LogP contribution in [0.3, 0.4) is 0 Å². The molecule has 2 heterocycles. The molecule has 1 aromatic rings. The highest BCUT2D eigenvalue weighted by Crippen LogP contribution is 2.38. The lowest BCUT2D eigenvalue weighted by Crippen LogP contribution is -2.50. The molecule has 2 aliphatic rings. The molecule has 7 nitrogen and oxygen atoms in total. The van der Waals surface area contributed by atoms with E-state index in [0.29, 0.717) is 30.4 Å². The molecule has 0 aliphatic carbocycles. The van der Waals surface area contributed by atoms with Crippen molar-refractivity contribution in [1.82, 2.24) is 10.2 Å².